The molecule has 1 heterocycles. The van der Waals surface area contributed by atoms with Crippen LogP contribution in [0.15, 0.2) is 29.7 Å². The Kier molecular flexibility index (Phi) is 4.94. The molecule has 0 aliphatic carbocycles. The van der Waals surface area contributed by atoms with Gasteiger partial charge in [-0.2, -0.15) is 0 Å². The Morgan fingerprint density at radius 1 is 1.29 bits per heavy atom. The van der Waals surface area contributed by atoms with Crippen molar-refractivity contribution in [3.05, 3.63) is 40.9 Å². The quantitative estimate of drug-likeness (QED) is 0.862. The number of carbonyl (C=O) groups excluding carboxylic acids is 1. The molecule has 0 spiro atoms. The van der Waals surface area contributed by atoms with Crippen LogP contribution in [0, 0.1) is 6.92 Å². The number of methoxy groups -OCH3 is 2. The molecule has 21 heavy (non-hydrogen) atoms. The third kappa shape index (κ3) is 4.06. The molecule has 0 saturated carbocycles. The highest BCUT2D eigenvalue weighted by Gasteiger charge is 2.04. The van der Waals surface area contributed by atoms with Crippen molar-refractivity contribution in [2.24, 2.45) is 0 Å². The van der Waals surface area contributed by atoms with Crippen LogP contribution >= 0.6 is 11.3 Å². The Morgan fingerprint density at radius 3 is 2.67 bits per heavy atom. The van der Waals surface area contributed by atoms with Gasteiger partial charge in [0.2, 0.25) is 5.91 Å². The molecule has 1 amide bonds. The maximum atomic E-state index is 11.8. The van der Waals surface area contributed by atoms with Crippen LogP contribution < -0.4 is 14.8 Å². The van der Waals surface area contributed by atoms with Crippen molar-refractivity contribution in [1.82, 2.24) is 4.98 Å². The summed E-state index contributed by atoms with van der Waals surface area (Å²) in [6.07, 6.45) is 3.16. The third-order valence-corrected chi connectivity index (χ3v) is 3.56. The van der Waals surface area contributed by atoms with Crippen LogP contribution in [0.2, 0.25) is 0 Å². The maximum Gasteiger partial charge on any atom is 0.250 e. The van der Waals surface area contributed by atoms with Crippen molar-refractivity contribution in [3.63, 3.8) is 0 Å². The van der Waals surface area contributed by atoms with E-state index in [-0.39, 0.29) is 5.91 Å². The van der Waals surface area contributed by atoms with Gasteiger partial charge in [0, 0.05) is 11.5 Å². The van der Waals surface area contributed by atoms with Gasteiger partial charge in [-0.05, 0) is 30.7 Å². The third-order valence-electron chi connectivity index (χ3n) is 2.68. The van der Waals surface area contributed by atoms with Crippen molar-refractivity contribution in [3.8, 4) is 11.5 Å². The predicted octanol–water partition coefficient (Wildman–Crippen LogP) is 3.12. The van der Waals surface area contributed by atoms with Crippen LogP contribution in [0.4, 0.5) is 5.13 Å². The normalized spacial score (nSPS) is 10.6. The Bertz CT molecular complexity index is 665. The SMILES string of the molecule is COc1ccc(/C=C/C(=O)Nc2nc(C)cs2)cc1OC. The molecule has 1 aromatic heterocycles. The number of hydrogen-bond donors (Lipinski definition) is 1. The second-order valence-electron chi connectivity index (χ2n) is 4.23. The van der Waals surface area contributed by atoms with Gasteiger partial charge in [0.25, 0.3) is 0 Å². The summed E-state index contributed by atoms with van der Waals surface area (Å²) in [6.45, 7) is 1.88. The van der Waals surface area contributed by atoms with E-state index in [0.29, 0.717) is 16.6 Å². The number of aromatic nitrogens is 1. The Labute approximate surface area is 127 Å². The fourth-order valence-corrected chi connectivity index (χ4v) is 2.38. The summed E-state index contributed by atoms with van der Waals surface area (Å²) < 4.78 is 10.4. The molecule has 6 heteroatoms. The van der Waals surface area contributed by atoms with E-state index in [4.69, 9.17) is 9.47 Å². The number of benzene rings is 1. The number of nitrogens with one attached hydrogen (secondary N) is 1. The zero-order valence-electron chi connectivity index (χ0n) is 12.0. The van der Waals surface area contributed by atoms with Gasteiger partial charge in [-0.1, -0.05) is 6.07 Å². The Hall–Kier alpha value is -2.34. The lowest BCUT2D eigenvalue weighted by atomic mass is 10.2. The number of thiazole rings is 1. The maximum absolute atomic E-state index is 11.8. The average Bonchev–Trinajstić information content (AvgIpc) is 2.89. The number of rotatable bonds is 5. The highest BCUT2D eigenvalue weighted by atomic mass is 32.1. The Morgan fingerprint density at radius 2 is 2.05 bits per heavy atom. The van der Waals surface area contributed by atoms with E-state index < -0.39 is 0 Å². The second kappa shape index (κ2) is 6.90. The summed E-state index contributed by atoms with van der Waals surface area (Å²) in [7, 11) is 3.15. The number of nitrogens with zero attached hydrogens (tertiary/aromatic N) is 1. The van der Waals surface area contributed by atoms with Gasteiger partial charge in [-0.3, -0.25) is 10.1 Å². The molecule has 5 nitrogen and oxygen atoms in total. The van der Waals surface area contributed by atoms with E-state index in [1.165, 1.54) is 17.4 Å². The zero-order valence-corrected chi connectivity index (χ0v) is 12.9. The average molecular weight is 304 g/mol. The smallest absolute Gasteiger partial charge is 0.250 e. The minimum Gasteiger partial charge on any atom is -0.493 e. The van der Waals surface area contributed by atoms with Gasteiger partial charge < -0.3 is 9.47 Å². The van der Waals surface area contributed by atoms with E-state index in [1.54, 1.807) is 32.4 Å². The van der Waals surface area contributed by atoms with Gasteiger partial charge >= 0.3 is 0 Å². The Balaban J connectivity index is 2.04. The molecule has 110 valence electrons. The second-order valence-corrected chi connectivity index (χ2v) is 5.09. The highest BCUT2D eigenvalue weighted by molar-refractivity contribution is 7.13. The first-order valence-electron chi connectivity index (χ1n) is 6.25. The van der Waals surface area contributed by atoms with Crippen molar-refractivity contribution in [1.29, 1.82) is 0 Å². The van der Waals surface area contributed by atoms with Crippen molar-refractivity contribution < 1.29 is 14.3 Å². The minimum atomic E-state index is -0.223. The number of carbonyl (C=O) groups is 1. The standard InChI is InChI=1S/C15H16N2O3S/c1-10-9-21-15(16-10)17-14(18)7-5-11-4-6-12(19-2)13(8-11)20-3/h4-9H,1-3H3,(H,16,17,18)/b7-5+. The summed E-state index contributed by atoms with van der Waals surface area (Å²) in [5.41, 5.74) is 1.73. The number of hydrogen-bond acceptors (Lipinski definition) is 5. The number of ether oxygens (including phenoxy) is 2. The van der Waals surface area contributed by atoms with Crippen LogP contribution in [0.5, 0.6) is 11.5 Å². The molecule has 2 aromatic rings. The van der Waals surface area contributed by atoms with Crippen LogP contribution in [0.3, 0.4) is 0 Å². The van der Waals surface area contributed by atoms with Crippen LogP contribution in [-0.4, -0.2) is 25.1 Å². The van der Waals surface area contributed by atoms with Crippen molar-refractivity contribution in [2.75, 3.05) is 19.5 Å². The van der Waals surface area contributed by atoms with Gasteiger partial charge in [0.05, 0.1) is 19.9 Å². The largest absolute Gasteiger partial charge is 0.493 e. The van der Waals surface area contributed by atoms with Gasteiger partial charge in [-0.15, -0.1) is 11.3 Å². The molecule has 0 aliphatic rings. The molecule has 0 saturated heterocycles. The minimum absolute atomic E-state index is 0.223. The van der Waals surface area contributed by atoms with Gasteiger partial charge in [-0.25, -0.2) is 4.98 Å². The molecule has 2 rings (SSSR count). The topological polar surface area (TPSA) is 60.5 Å². The van der Waals surface area contributed by atoms with Gasteiger partial charge in [0.1, 0.15) is 0 Å². The van der Waals surface area contributed by atoms with E-state index in [9.17, 15) is 4.79 Å². The van der Waals surface area contributed by atoms with Crippen LogP contribution in [0.1, 0.15) is 11.3 Å². The summed E-state index contributed by atoms with van der Waals surface area (Å²) in [5, 5.41) is 5.18. The molecular formula is C15H16N2O3S. The van der Waals surface area contributed by atoms with Crippen molar-refractivity contribution >= 4 is 28.5 Å². The first kappa shape index (κ1) is 15.1. The fourth-order valence-electron chi connectivity index (χ4n) is 1.69. The molecule has 1 N–H and O–H groups in total. The molecule has 0 bridgehead atoms. The fraction of sp³-hybridized carbons (Fsp3) is 0.200. The summed E-state index contributed by atoms with van der Waals surface area (Å²) in [5.74, 6) is 1.05. The zero-order chi connectivity index (χ0) is 15.2. The predicted molar refractivity (Wildman–Crippen MR) is 84.1 cm³/mol. The van der Waals surface area contributed by atoms with E-state index in [1.807, 2.05) is 18.4 Å². The van der Waals surface area contributed by atoms with E-state index >= 15 is 0 Å². The molecular weight excluding hydrogens is 288 g/mol. The number of amides is 1. The number of aryl methyl sites for hydroxylation is 1. The van der Waals surface area contributed by atoms with Crippen molar-refractivity contribution in [2.45, 2.75) is 6.92 Å². The lowest BCUT2D eigenvalue weighted by Crippen LogP contribution is -2.07. The first-order valence-corrected chi connectivity index (χ1v) is 7.13. The molecule has 0 radical (unpaired) electrons. The summed E-state index contributed by atoms with van der Waals surface area (Å²) >= 11 is 1.40. The lowest BCUT2D eigenvalue weighted by Gasteiger charge is -2.07. The van der Waals surface area contributed by atoms with E-state index in [0.717, 1.165) is 11.3 Å². The lowest BCUT2D eigenvalue weighted by molar-refractivity contribution is -0.111. The van der Waals surface area contributed by atoms with Gasteiger partial charge in [0.15, 0.2) is 16.6 Å². The number of anilines is 1. The first-order chi connectivity index (χ1) is 10.1. The molecule has 0 fully saturated rings. The van der Waals surface area contributed by atoms with Crippen LogP contribution in [-0.2, 0) is 4.79 Å². The van der Waals surface area contributed by atoms with E-state index in [2.05, 4.69) is 10.3 Å². The molecule has 0 aliphatic heterocycles. The highest BCUT2D eigenvalue weighted by Crippen LogP contribution is 2.27. The monoisotopic (exact) mass is 304 g/mol. The summed E-state index contributed by atoms with van der Waals surface area (Å²) in [4.78, 5) is 16.0. The molecule has 1 aromatic carbocycles. The summed E-state index contributed by atoms with van der Waals surface area (Å²) in [6, 6.07) is 5.44. The van der Waals surface area contributed by atoms with Crippen LogP contribution in [0.25, 0.3) is 6.08 Å². The molecule has 0 atom stereocenters. The molecule has 0 unspecified atom stereocenters.